The fourth-order valence-corrected chi connectivity index (χ4v) is 3.62. The van der Waals surface area contributed by atoms with Gasteiger partial charge in [-0.05, 0) is 24.6 Å². The van der Waals surface area contributed by atoms with Crippen LogP contribution in [-0.2, 0) is 19.9 Å². The molecule has 0 amide bonds. The van der Waals surface area contributed by atoms with Crippen molar-refractivity contribution in [2.45, 2.75) is 11.3 Å². The van der Waals surface area contributed by atoms with Crippen LogP contribution < -0.4 is 10.5 Å². The predicted molar refractivity (Wildman–Crippen MR) is 78.1 cm³/mol. The van der Waals surface area contributed by atoms with Gasteiger partial charge in [0.25, 0.3) is 0 Å². The summed E-state index contributed by atoms with van der Waals surface area (Å²) in [6, 6.07) is 4.45. The molecule has 9 heteroatoms. The topological polar surface area (TPSA) is 106 Å². The highest BCUT2D eigenvalue weighted by atomic mass is 79.9. The SMILES string of the molecule is CS(=O)(=O)CCCNS(=O)(=O)c1ccc(Br)cc1N. The summed E-state index contributed by atoms with van der Waals surface area (Å²) in [6.07, 6.45) is 1.32. The van der Waals surface area contributed by atoms with Gasteiger partial charge in [-0.3, -0.25) is 0 Å². The van der Waals surface area contributed by atoms with Gasteiger partial charge in [0.15, 0.2) is 0 Å². The molecule has 0 saturated carbocycles. The van der Waals surface area contributed by atoms with E-state index in [0.29, 0.717) is 4.47 Å². The number of rotatable bonds is 6. The fourth-order valence-electron chi connectivity index (χ4n) is 1.38. The molecular weight excluding hydrogens is 356 g/mol. The van der Waals surface area contributed by atoms with Crippen LogP contribution in [0.3, 0.4) is 0 Å². The summed E-state index contributed by atoms with van der Waals surface area (Å²) in [7, 11) is -6.80. The van der Waals surface area contributed by atoms with Crippen molar-refractivity contribution in [3.05, 3.63) is 22.7 Å². The van der Waals surface area contributed by atoms with Crippen molar-refractivity contribution in [1.29, 1.82) is 0 Å². The number of halogens is 1. The molecular formula is C10H15BrN2O4S2. The highest BCUT2D eigenvalue weighted by Gasteiger charge is 2.17. The zero-order valence-electron chi connectivity index (χ0n) is 10.3. The lowest BCUT2D eigenvalue weighted by atomic mass is 10.3. The van der Waals surface area contributed by atoms with Crippen LogP contribution in [0.1, 0.15) is 6.42 Å². The van der Waals surface area contributed by atoms with Crippen LogP contribution in [0.2, 0.25) is 0 Å². The normalized spacial score (nSPS) is 12.5. The van der Waals surface area contributed by atoms with Crippen molar-refractivity contribution in [3.63, 3.8) is 0 Å². The highest BCUT2D eigenvalue weighted by molar-refractivity contribution is 9.10. The third-order valence-corrected chi connectivity index (χ3v) is 5.30. The summed E-state index contributed by atoms with van der Waals surface area (Å²) in [4.78, 5) is -0.0185. The molecule has 0 aliphatic carbocycles. The van der Waals surface area contributed by atoms with E-state index >= 15 is 0 Å². The van der Waals surface area contributed by atoms with Gasteiger partial charge in [0.2, 0.25) is 10.0 Å². The predicted octanol–water partition coefficient (Wildman–Crippen LogP) is 0.744. The number of sulfonamides is 1. The molecule has 1 rings (SSSR count). The first-order chi connectivity index (χ1) is 8.62. The monoisotopic (exact) mass is 370 g/mol. The second kappa shape index (κ2) is 6.21. The van der Waals surface area contributed by atoms with Crippen molar-refractivity contribution < 1.29 is 16.8 Å². The molecule has 0 unspecified atom stereocenters. The van der Waals surface area contributed by atoms with E-state index in [9.17, 15) is 16.8 Å². The number of sulfone groups is 1. The van der Waals surface area contributed by atoms with Gasteiger partial charge in [-0.1, -0.05) is 15.9 Å². The Balaban J connectivity index is 2.71. The zero-order valence-corrected chi connectivity index (χ0v) is 13.5. The summed E-state index contributed by atoms with van der Waals surface area (Å²) >= 11 is 3.19. The lowest BCUT2D eigenvalue weighted by Crippen LogP contribution is -2.26. The van der Waals surface area contributed by atoms with Crippen LogP contribution in [0.5, 0.6) is 0 Å². The lowest BCUT2D eigenvalue weighted by Gasteiger charge is -2.09. The van der Waals surface area contributed by atoms with Crippen LogP contribution in [0.25, 0.3) is 0 Å². The summed E-state index contributed by atoms with van der Waals surface area (Å²) in [5.74, 6) is -0.0641. The standard InChI is InChI=1S/C10H15BrN2O4S2/c1-18(14,15)6-2-5-13-19(16,17)10-4-3-8(11)7-9(10)12/h3-4,7,13H,2,5-6,12H2,1H3. The molecule has 1 aromatic carbocycles. The number of nitrogens with two attached hydrogens (primary N) is 1. The summed E-state index contributed by atoms with van der Waals surface area (Å²) in [5, 5.41) is 0. The Morgan fingerprint density at radius 2 is 1.89 bits per heavy atom. The van der Waals surface area contributed by atoms with Crippen LogP contribution >= 0.6 is 15.9 Å². The maximum absolute atomic E-state index is 11.9. The average Bonchev–Trinajstić information content (AvgIpc) is 2.22. The first-order valence-electron chi connectivity index (χ1n) is 5.34. The van der Waals surface area contributed by atoms with Crippen molar-refractivity contribution in [2.24, 2.45) is 0 Å². The molecule has 0 radical (unpaired) electrons. The van der Waals surface area contributed by atoms with E-state index in [4.69, 9.17) is 5.73 Å². The Hall–Kier alpha value is -0.640. The van der Waals surface area contributed by atoms with E-state index < -0.39 is 19.9 Å². The van der Waals surface area contributed by atoms with Gasteiger partial charge >= 0.3 is 0 Å². The van der Waals surface area contributed by atoms with Crippen LogP contribution in [0, 0.1) is 0 Å². The van der Waals surface area contributed by atoms with E-state index in [0.717, 1.165) is 6.26 Å². The average molecular weight is 371 g/mol. The molecule has 6 nitrogen and oxygen atoms in total. The minimum Gasteiger partial charge on any atom is -0.398 e. The Morgan fingerprint density at radius 3 is 2.42 bits per heavy atom. The zero-order chi connectivity index (χ0) is 14.7. The number of nitrogen functional groups attached to an aromatic ring is 1. The fraction of sp³-hybridized carbons (Fsp3) is 0.400. The first kappa shape index (κ1) is 16.4. The molecule has 1 aromatic rings. The maximum Gasteiger partial charge on any atom is 0.242 e. The van der Waals surface area contributed by atoms with Gasteiger partial charge in [0, 0.05) is 17.3 Å². The van der Waals surface area contributed by atoms with E-state index in [1.807, 2.05) is 0 Å². The molecule has 0 atom stereocenters. The van der Waals surface area contributed by atoms with E-state index in [-0.39, 0.29) is 29.3 Å². The van der Waals surface area contributed by atoms with E-state index in [1.54, 1.807) is 6.07 Å². The molecule has 0 saturated heterocycles. The summed E-state index contributed by atoms with van der Waals surface area (Å²) in [6.45, 7) is 0.0465. The number of benzene rings is 1. The minimum absolute atomic E-state index is 0.0185. The van der Waals surface area contributed by atoms with Gasteiger partial charge in [0.1, 0.15) is 14.7 Å². The Bertz CT molecular complexity index is 656. The summed E-state index contributed by atoms with van der Waals surface area (Å²) in [5.41, 5.74) is 5.77. The smallest absolute Gasteiger partial charge is 0.242 e. The largest absolute Gasteiger partial charge is 0.398 e. The van der Waals surface area contributed by atoms with Crippen LogP contribution in [0.4, 0.5) is 5.69 Å². The van der Waals surface area contributed by atoms with Crippen molar-refractivity contribution in [3.8, 4) is 0 Å². The molecule has 0 aliphatic heterocycles. The minimum atomic E-state index is -3.72. The van der Waals surface area contributed by atoms with Crippen LogP contribution in [-0.4, -0.2) is 35.4 Å². The van der Waals surface area contributed by atoms with Gasteiger partial charge in [-0.15, -0.1) is 0 Å². The second-order valence-corrected chi connectivity index (χ2v) is 8.97. The number of nitrogens with one attached hydrogen (secondary N) is 1. The first-order valence-corrected chi connectivity index (χ1v) is 9.68. The van der Waals surface area contributed by atoms with Crippen molar-refractivity contribution in [2.75, 3.05) is 24.3 Å². The Labute approximate surface area is 121 Å². The second-order valence-electron chi connectivity index (χ2n) is 4.06. The number of hydrogen-bond donors (Lipinski definition) is 2. The summed E-state index contributed by atoms with van der Waals surface area (Å²) < 4.78 is 48.7. The number of anilines is 1. The quantitative estimate of drug-likeness (QED) is 0.567. The third-order valence-electron chi connectivity index (χ3n) is 2.25. The molecule has 0 fully saturated rings. The van der Waals surface area contributed by atoms with Crippen molar-refractivity contribution in [1.82, 2.24) is 4.72 Å². The van der Waals surface area contributed by atoms with Crippen molar-refractivity contribution >= 4 is 41.5 Å². The Morgan fingerprint density at radius 1 is 1.26 bits per heavy atom. The molecule has 0 spiro atoms. The van der Waals surface area contributed by atoms with Crippen LogP contribution in [0.15, 0.2) is 27.6 Å². The van der Waals surface area contributed by atoms with E-state index in [2.05, 4.69) is 20.7 Å². The van der Waals surface area contributed by atoms with Gasteiger partial charge in [-0.2, -0.15) is 0 Å². The molecule has 0 heterocycles. The molecule has 108 valence electrons. The molecule has 19 heavy (non-hydrogen) atoms. The van der Waals surface area contributed by atoms with Gasteiger partial charge in [0.05, 0.1) is 11.4 Å². The third kappa shape index (κ3) is 5.47. The molecule has 3 N–H and O–H groups in total. The highest BCUT2D eigenvalue weighted by Crippen LogP contribution is 2.22. The van der Waals surface area contributed by atoms with Gasteiger partial charge in [-0.25, -0.2) is 21.6 Å². The lowest BCUT2D eigenvalue weighted by molar-refractivity contribution is 0.577. The van der Waals surface area contributed by atoms with E-state index in [1.165, 1.54) is 12.1 Å². The Kier molecular flexibility index (Phi) is 5.36. The van der Waals surface area contributed by atoms with Gasteiger partial charge < -0.3 is 5.73 Å². The maximum atomic E-state index is 11.9. The number of hydrogen-bond acceptors (Lipinski definition) is 5. The molecule has 0 aromatic heterocycles. The molecule has 0 aliphatic rings. The molecule has 0 bridgehead atoms.